The third-order valence-corrected chi connectivity index (χ3v) is 3.52. The molecule has 0 fully saturated rings. The van der Waals surface area contributed by atoms with E-state index in [0.29, 0.717) is 18.4 Å². The van der Waals surface area contributed by atoms with E-state index in [1.807, 2.05) is 0 Å². The Morgan fingerprint density at radius 2 is 1.95 bits per heavy atom. The van der Waals surface area contributed by atoms with Crippen molar-refractivity contribution in [3.63, 3.8) is 0 Å². The molecular formula is C18H29N3. The van der Waals surface area contributed by atoms with E-state index in [0.717, 1.165) is 26.1 Å². The molecule has 0 amide bonds. The molecule has 0 spiro atoms. The molecule has 1 N–H and O–H groups in total. The number of benzene rings is 1. The van der Waals surface area contributed by atoms with Gasteiger partial charge in [-0.05, 0) is 37.4 Å². The standard InChI is InChI=1S/C18H29N3/c1-5-12-20-16(4)17-9-6-7-10-18(17)21(13-8-11-19)14-15(2)3/h6-7,9-10,15-16,20H,5,8,12-14H2,1-4H3. The molecule has 3 nitrogen and oxygen atoms in total. The van der Waals surface area contributed by atoms with Gasteiger partial charge in [-0.1, -0.05) is 39.0 Å². The van der Waals surface area contributed by atoms with Gasteiger partial charge in [0.2, 0.25) is 0 Å². The average Bonchev–Trinajstić information content (AvgIpc) is 2.48. The Hall–Kier alpha value is -1.53. The van der Waals surface area contributed by atoms with E-state index < -0.39 is 0 Å². The molecule has 0 aliphatic heterocycles. The maximum Gasteiger partial charge on any atom is 0.0640 e. The average molecular weight is 287 g/mol. The van der Waals surface area contributed by atoms with Crippen LogP contribution in [0.5, 0.6) is 0 Å². The van der Waals surface area contributed by atoms with Crippen molar-refractivity contribution >= 4 is 5.69 Å². The molecule has 21 heavy (non-hydrogen) atoms. The first kappa shape index (κ1) is 17.5. The van der Waals surface area contributed by atoms with E-state index in [4.69, 9.17) is 5.26 Å². The van der Waals surface area contributed by atoms with Gasteiger partial charge in [-0.25, -0.2) is 0 Å². The van der Waals surface area contributed by atoms with Gasteiger partial charge in [0.1, 0.15) is 0 Å². The minimum Gasteiger partial charge on any atom is -0.370 e. The van der Waals surface area contributed by atoms with Crippen LogP contribution in [0.4, 0.5) is 5.69 Å². The van der Waals surface area contributed by atoms with Crippen molar-refractivity contribution in [2.45, 2.75) is 46.6 Å². The molecule has 0 saturated heterocycles. The molecule has 0 aliphatic carbocycles. The highest BCUT2D eigenvalue weighted by Gasteiger charge is 2.15. The lowest BCUT2D eigenvalue weighted by atomic mass is 10.0. The Labute approximate surface area is 130 Å². The number of nitrogens with zero attached hydrogens (tertiary/aromatic N) is 2. The number of rotatable bonds is 9. The second-order valence-electron chi connectivity index (χ2n) is 5.98. The first-order valence-electron chi connectivity index (χ1n) is 8.04. The van der Waals surface area contributed by atoms with E-state index in [1.165, 1.54) is 11.3 Å². The number of hydrogen-bond acceptors (Lipinski definition) is 3. The van der Waals surface area contributed by atoms with Crippen LogP contribution in [-0.2, 0) is 0 Å². The van der Waals surface area contributed by atoms with Crippen LogP contribution in [0.3, 0.4) is 0 Å². The summed E-state index contributed by atoms with van der Waals surface area (Å²) < 4.78 is 0. The van der Waals surface area contributed by atoms with E-state index in [2.05, 4.69) is 68.2 Å². The molecule has 1 unspecified atom stereocenters. The summed E-state index contributed by atoms with van der Waals surface area (Å²) in [7, 11) is 0. The smallest absolute Gasteiger partial charge is 0.0640 e. The molecule has 116 valence electrons. The monoisotopic (exact) mass is 287 g/mol. The quantitative estimate of drug-likeness (QED) is 0.742. The maximum atomic E-state index is 8.90. The number of anilines is 1. The predicted octanol–water partition coefficient (Wildman–Crippen LogP) is 4.12. The van der Waals surface area contributed by atoms with Crippen LogP contribution in [0, 0.1) is 17.2 Å². The summed E-state index contributed by atoms with van der Waals surface area (Å²) in [5.41, 5.74) is 2.59. The fourth-order valence-electron chi connectivity index (χ4n) is 2.55. The van der Waals surface area contributed by atoms with Gasteiger partial charge in [0.15, 0.2) is 0 Å². The van der Waals surface area contributed by atoms with E-state index in [9.17, 15) is 0 Å². The first-order chi connectivity index (χ1) is 10.1. The van der Waals surface area contributed by atoms with E-state index in [-0.39, 0.29) is 0 Å². The Balaban J connectivity index is 2.98. The van der Waals surface area contributed by atoms with Gasteiger partial charge in [0.05, 0.1) is 12.5 Å². The van der Waals surface area contributed by atoms with Gasteiger partial charge in [0.25, 0.3) is 0 Å². The van der Waals surface area contributed by atoms with Crippen LogP contribution in [0.1, 0.15) is 52.1 Å². The number of nitriles is 1. The largest absolute Gasteiger partial charge is 0.370 e. The molecule has 0 bridgehead atoms. The summed E-state index contributed by atoms with van der Waals surface area (Å²) in [5, 5.41) is 12.5. The van der Waals surface area contributed by atoms with Crippen molar-refractivity contribution in [3.8, 4) is 6.07 Å². The Bertz CT molecular complexity index is 448. The third-order valence-electron chi connectivity index (χ3n) is 3.52. The zero-order valence-electron chi connectivity index (χ0n) is 13.9. The zero-order chi connectivity index (χ0) is 15.7. The second kappa shape index (κ2) is 9.41. The second-order valence-corrected chi connectivity index (χ2v) is 5.98. The fourth-order valence-corrected chi connectivity index (χ4v) is 2.55. The summed E-state index contributed by atoms with van der Waals surface area (Å²) in [4.78, 5) is 2.35. The highest BCUT2D eigenvalue weighted by atomic mass is 15.1. The summed E-state index contributed by atoms with van der Waals surface area (Å²) in [6.45, 7) is 11.7. The van der Waals surface area contributed by atoms with Crippen LogP contribution in [-0.4, -0.2) is 19.6 Å². The highest BCUT2D eigenvalue weighted by molar-refractivity contribution is 5.55. The van der Waals surface area contributed by atoms with Gasteiger partial charge in [-0.3, -0.25) is 0 Å². The van der Waals surface area contributed by atoms with Gasteiger partial charge < -0.3 is 10.2 Å². The van der Waals surface area contributed by atoms with Crippen molar-refractivity contribution in [2.24, 2.45) is 5.92 Å². The summed E-state index contributed by atoms with van der Waals surface area (Å²) in [6, 6.07) is 11.2. The van der Waals surface area contributed by atoms with Crippen LogP contribution in [0.2, 0.25) is 0 Å². The van der Waals surface area contributed by atoms with Crippen molar-refractivity contribution < 1.29 is 0 Å². The van der Waals surface area contributed by atoms with Gasteiger partial charge in [-0.2, -0.15) is 5.26 Å². The van der Waals surface area contributed by atoms with Crippen molar-refractivity contribution in [1.29, 1.82) is 5.26 Å². The molecule has 3 heteroatoms. The van der Waals surface area contributed by atoms with Gasteiger partial charge in [-0.15, -0.1) is 0 Å². The SMILES string of the molecule is CCCNC(C)c1ccccc1N(CCC#N)CC(C)C. The molecule has 0 radical (unpaired) electrons. The number of nitrogens with one attached hydrogen (secondary N) is 1. The van der Waals surface area contributed by atoms with E-state index in [1.54, 1.807) is 0 Å². The minimum absolute atomic E-state index is 0.331. The van der Waals surface area contributed by atoms with Crippen LogP contribution >= 0.6 is 0 Å². The molecule has 1 rings (SSSR count). The fraction of sp³-hybridized carbons (Fsp3) is 0.611. The molecule has 1 atom stereocenters. The summed E-state index contributed by atoms with van der Waals surface area (Å²) >= 11 is 0. The van der Waals surface area contributed by atoms with E-state index >= 15 is 0 Å². The van der Waals surface area contributed by atoms with Crippen LogP contribution < -0.4 is 10.2 Å². The first-order valence-corrected chi connectivity index (χ1v) is 8.04. The summed E-state index contributed by atoms with van der Waals surface area (Å²) in [6.07, 6.45) is 1.70. The lowest BCUT2D eigenvalue weighted by Gasteiger charge is -2.30. The van der Waals surface area contributed by atoms with Gasteiger partial charge in [0, 0.05) is 24.8 Å². The summed E-state index contributed by atoms with van der Waals surface area (Å²) in [5.74, 6) is 0.579. The predicted molar refractivity (Wildman–Crippen MR) is 90.4 cm³/mol. The lowest BCUT2D eigenvalue weighted by Crippen LogP contribution is -2.31. The Morgan fingerprint density at radius 3 is 2.57 bits per heavy atom. The molecule has 0 saturated carbocycles. The van der Waals surface area contributed by atoms with Crippen LogP contribution in [0.25, 0.3) is 0 Å². The maximum absolute atomic E-state index is 8.90. The Morgan fingerprint density at radius 1 is 1.24 bits per heavy atom. The molecule has 0 aromatic heterocycles. The topological polar surface area (TPSA) is 39.1 Å². The van der Waals surface area contributed by atoms with Crippen molar-refractivity contribution in [2.75, 3.05) is 24.5 Å². The molecule has 1 aromatic carbocycles. The normalized spacial score (nSPS) is 12.2. The molecule has 0 aliphatic rings. The third kappa shape index (κ3) is 5.77. The molecule has 0 heterocycles. The van der Waals surface area contributed by atoms with Crippen molar-refractivity contribution in [1.82, 2.24) is 5.32 Å². The van der Waals surface area contributed by atoms with Crippen LogP contribution in [0.15, 0.2) is 24.3 Å². The lowest BCUT2D eigenvalue weighted by molar-refractivity contribution is 0.563. The van der Waals surface area contributed by atoms with Gasteiger partial charge >= 0.3 is 0 Å². The zero-order valence-corrected chi connectivity index (χ0v) is 13.9. The highest BCUT2D eigenvalue weighted by Crippen LogP contribution is 2.27. The molecular weight excluding hydrogens is 258 g/mol. The van der Waals surface area contributed by atoms with Crippen molar-refractivity contribution in [3.05, 3.63) is 29.8 Å². The minimum atomic E-state index is 0.331. The number of para-hydroxylation sites is 1. The Kier molecular flexibility index (Phi) is 7.85. The number of hydrogen-bond donors (Lipinski definition) is 1. The molecule has 1 aromatic rings.